The van der Waals surface area contributed by atoms with Gasteiger partial charge in [0.05, 0.1) is 23.5 Å². The third-order valence-electron chi connectivity index (χ3n) is 5.35. The van der Waals surface area contributed by atoms with Crippen molar-refractivity contribution in [3.05, 3.63) is 30.1 Å². The second-order valence-electron chi connectivity index (χ2n) is 7.37. The fourth-order valence-electron chi connectivity index (χ4n) is 3.95. The molecule has 1 atom stereocenters. The van der Waals surface area contributed by atoms with Gasteiger partial charge in [-0.25, -0.2) is 4.98 Å². The molecule has 136 valence electrons. The number of nitrogens with zero attached hydrogens (tertiary/aromatic N) is 4. The summed E-state index contributed by atoms with van der Waals surface area (Å²) >= 11 is 0. The van der Waals surface area contributed by atoms with E-state index in [0.717, 1.165) is 50.4 Å². The Bertz CT molecular complexity index is 736. The predicted molar refractivity (Wildman–Crippen MR) is 101 cm³/mol. The average molecular weight is 342 g/mol. The third-order valence-corrected chi connectivity index (χ3v) is 5.35. The van der Waals surface area contributed by atoms with Gasteiger partial charge in [0.25, 0.3) is 0 Å². The zero-order valence-electron chi connectivity index (χ0n) is 15.9. The number of aromatic nitrogens is 2. The molecule has 5 heteroatoms. The number of carbonyl (C=O) groups is 1. The molecule has 3 rings (SSSR count). The molecule has 1 fully saturated rings. The summed E-state index contributed by atoms with van der Waals surface area (Å²) in [6.07, 6.45) is 2.08. The Kier molecular flexibility index (Phi) is 5.42. The van der Waals surface area contributed by atoms with Crippen LogP contribution in [0.3, 0.4) is 0 Å². The van der Waals surface area contributed by atoms with Crippen LogP contribution in [0.4, 0.5) is 0 Å². The van der Waals surface area contributed by atoms with Gasteiger partial charge in [-0.1, -0.05) is 12.1 Å². The molecule has 1 amide bonds. The van der Waals surface area contributed by atoms with Crippen LogP contribution in [0.5, 0.6) is 0 Å². The van der Waals surface area contributed by atoms with Crippen molar-refractivity contribution in [1.82, 2.24) is 19.4 Å². The predicted octanol–water partition coefficient (Wildman–Crippen LogP) is 3.04. The minimum atomic E-state index is 0.116. The number of amides is 1. The van der Waals surface area contributed by atoms with Crippen LogP contribution in [0.1, 0.15) is 39.4 Å². The summed E-state index contributed by atoms with van der Waals surface area (Å²) in [4.78, 5) is 22.0. The zero-order valence-corrected chi connectivity index (χ0v) is 15.9. The van der Waals surface area contributed by atoms with Crippen LogP contribution in [0.25, 0.3) is 11.0 Å². The summed E-state index contributed by atoms with van der Waals surface area (Å²) in [7, 11) is 2.08. The van der Waals surface area contributed by atoms with E-state index in [1.165, 1.54) is 5.52 Å². The third kappa shape index (κ3) is 3.71. The number of para-hydroxylation sites is 2. The van der Waals surface area contributed by atoms with Gasteiger partial charge in [-0.05, 0) is 52.3 Å². The lowest BCUT2D eigenvalue weighted by atomic mass is 9.96. The molecule has 0 bridgehead atoms. The molecule has 2 aromatic rings. The van der Waals surface area contributed by atoms with Gasteiger partial charge in [-0.3, -0.25) is 9.69 Å². The molecule has 1 aliphatic rings. The number of hydrogen-bond donors (Lipinski definition) is 0. The maximum atomic E-state index is 12.9. The van der Waals surface area contributed by atoms with E-state index in [1.807, 2.05) is 11.0 Å². The minimum Gasteiger partial charge on any atom is -0.340 e. The first kappa shape index (κ1) is 17.9. The molecular weight excluding hydrogens is 312 g/mol. The second-order valence-corrected chi connectivity index (χ2v) is 7.37. The van der Waals surface area contributed by atoms with Gasteiger partial charge in [-0.2, -0.15) is 0 Å². The standard InChI is InChI=1S/C20H30N4O/c1-5-24(15(2)3)20(25)16-9-8-12-23(13-16)14-19-21-17-10-6-7-11-18(17)22(19)4/h6-7,10-11,15-16H,5,8-9,12-14H2,1-4H3/t16-/m0/s1. The van der Waals surface area contributed by atoms with Crippen LogP contribution >= 0.6 is 0 Å². The SMILES string of the molecule is CCN(C(=O)[C@H]1CCCN(Cc2nc3ccccc3n2C)C1)C(C)C. The summed E-state index contributed by atoms with van der Waals surface area (Å²) in [6.45, 7) is 9.74. The number of piperidine rings is 1. The molecule has 0 spiro atoms. The lowest BCUT2D eigenvalue weighted by Gasteiger charge is -2.36. The highest BCUT2D eigenvalue weighted by Crippen LogP contribution is 2.22. The number of hydrogen-bond acceptors (Lipinski definition) is 3. The van der Waals surface area contributed by atoms with Crippen molar-refractivity contribution in [3.8, 4) is 0 Å². The first-order chi connectivity index (χ1) is 12.0. The molecule has 2 heterocycles. The van der Waals surface area contributed by atoms with Crippen molar-refractivity contribution < 1.29 is 4.79 Å². The van der Waals surface area contributed by atoms with Gasteiger partial charge in [0.1, 0.15) is 5.82 Å². The van der Waals surface area contributed by atoms with Crippen molar-refractivity contribution in [2.24, 2.45) is 13.0 Å². The topological polar surface area (TPSA) is 41.4 Å². The van der Waals surface area contributed by atoms with Gasteiger partial charge in [0, 0.05) is 26.2 Å². The van der Waals surface area contributed by atoms with E-state index in [-0.39, 0.29) is 12.0 Å². The second kappa shape index (κ2) is 7.56. The Morgan fingerprint density at radius 2 is 2.12 bits per heavy atom. The van der Waals surface area contributed by atoms with Gasteiger partial charge >= 0.3 is 0 Å². The van der Waals surface area contributed by atoms with E-state index >= 15 is 0 Å². The molecule has 0 aliphatic carbocycles. The first-order valence-corrected chi connectivity index (χ1v) is 9.44. The van der Waals surface area contributed by atoms with E-state index in [1.54, 1.807) is 0 Å². The monoisotopic (exact) mass is 342 g/mol. The maximum absolute atomic E-state index is 12.9. The Balaban J connectivity index is 1.71. The number of carbonyl (C=O) groups excluding carboxylic acids is 1. The molecule has 1 aromatic heterocycles. The highest BCUT2D eigenvalue weighted by atomic mass is 16.2. The highest BCUT2D eigenvalue weighted by Gasteiger charge is 2.30. The largest absolute Gasteiger partial charge is 0.340 e. The Morgan fingerprint density at radius 1 is 1.36 bits per heavy atom. The van der Waals surface area contributed by atoms with E-state index in [2.05, 4.69) is 55.5 Å². The lowest BCUT2D eigenvalue weighted by Crippen LogP contribution is -2.46. The quantitative estimate of drug-likeness (QED) is 0.839. The molecular formula is C20H30N4O. The summed E-state index contributed by atoms with van der Waals surface area (Å²) in [6, 6.07) is 8.51. The van der Waals surface area contributed by atoms with Crippen molar-refractivity contribution in [3.63, 3.8) is 0 Å². The van der Waals surface area contributed by atoms with Gasteiger partial charge in [0.15, 0.2) is 0 Å². The highest BCUT2D eigenvalue weighted by molar-refractivity contribution is 5.79. The van der Waals surface area contributed by atoms with Crippen LogP contribution in [0.2, 0.25) is 0 Å². The van der Waals surface area contributed by atoms with Crippen molar-refractivity contribution in [1.29, 1.82) is 0 Å². The smallest absolute Gasteiger partial charge is 0.227 e. The fourth-order valence-corrected chi connectivity index (χ4v) is 3.95. The first-order valence-electron chi connectivity index (χ1n) is 9.44. The summed E-state index contributed by atoms with van der Waals surface area (Å²) in [5.41, 5.74) is 2.21. The minimum absolute atomic E-state index is 0.116. The average Bonchev–Trinajstić information content (AvgIpc) is 2.91. The summed E-state index contributed by atoms with van der Waals surface area (Å²) in [5, 5.41) is 0. The number of benzene rings is 1. The summed E-state index contributed by atoms with van der Waals surface area (Å²) < 4.78 is 2.17. The molecule has 1 aromatic carbocycles. The normalized spacial score (nSPS) is 18.8. The van der Waals surface area contributed by atoms with E-state index in [9.17, 15) is 4.79 Å². The van der Waals surface area contributed by atoms with Crippen molar-refractivity contribution in [2.45, 2.75) is 46.2 Å². The number of fused-ring (bicyclic) bond motifs is 1. The molecule has 5 nitrogen and oxygen atoms in total. The Labute approximate surface area is 150 Å². The lowest BCUT2D eigenvalue weighted by molar-refractivity contribution is -0.139. The van der Waals surface area contributed by atoms with Crippen LogP contribution < -0.4 is 0 Å². The Morgan fingerprint density at radius 3 is 2.80 bits per heavy atom. The zero-order chi connectivity index (χ0) is 18.0. The van der Waals surface area contributed by atoms with E-state index < -0.39 is 0 Å². The van der Waals surface area contributed by atoms with Gasteiger partial charge in [0.2, 0.25) is 5.91 Å². The molecule has 25 heavy (non-hydrogen) atoms. The maximum Gasteiger partial charge on any atom is 0.227 e. The van der Waals surface area contributed by atoms with Crippen molar-refractivity contribution in [2.75, 3.05) is 19.6 Å². The molecule has 0 saturated carbocycles. The Hall–Kier alpha value is -1.88. The molecule has 1 aliphatic heterocycles. The van der Waals surface area contributed by atoms with E-state index in [4.69, 9.17) is 4.98 Å². The molecule has 1 saturated heterocycles. The molecule has 0 unspecified atom stereocenters. The van der Waals surface area contributed by atoms with Gasteiger partial charge < -0.3 is 9.47 Å². The van der Waals surface area contributed by atoms with Crippen molar-refractivity contribution >= 4 is 16.9 Å². The van der Waals surface area contributed by atoms with E-state index in [0.29, 0.717) is 5.91 Å². The number of imidazole rings is 1. The van der Waals surface area contributed by atoms with Crippen LogP contribution in [0.15, 0.2) is 24.3 Å². The molecule has 0 radical (unpaired) electrons. The van der Waals surface area contributed by atoms with Crippen LogP contribution in [-0.4, -0.2) is 50.9 Å². The van der Waals surface area contributed by atoms with Crippen LogP contribution in [0, 0.1) is 5.92 Å². The number of aryl methyl sites for hydroxylation is 1. The number of rotatable bonds is 5. The molecule has 0 N–H and O–H groups in total. The summed E-state index contributed by atoms with van der Waals surface area (Å²) in [5.74, 6) is 1.50. The van der Waals surface area contributed by atoms with Gasteiger partial charge in [-0.15, -0.1) is 0 Å². The van der Waals surface area contributed by atoms with Crippen LogP contribution in [-0.2, 0) is 18.4 Å². The number of likely N-dealkylation sites (tertiary alicyclic amines) is 1. The fraction of sp³-hybridized carbons (Fsp3) is 0.600.